The van der Waals surface area contributed by atoms with Crippen molar-refractivity contribution in [2.24, 2.45) is 0 Å². The van der Waals surface area contributed by atoms with Crippen LogP contribution in [0.5, 0.6) is 5.75 Å². The summed E-state index contributed by atoms with van der Waals surface area (Å²) < 4.78 is 43.3. The average molecular weight is 541 g/mol. The minimum Gasteiger partial charge on any atom is -0.497 e. The van der Waals surface area contributed by atoms with E-state index in [0.29, 0.717) is 12.4 Å². The summed E-state index contributed by atoms with van der Waals surface area (Å²) >= 11 is 12.3. The van der Waals surface area contributed by atoms with Gasteiger partial charge < -0.3 is 24.4 Å². The molecule has 1 saturated carbocycles. The number of rotatable bonds is 13. The zero-order valence-electron chi connectivity index (χ0n) is 20.2. The maximum atomic E-state index is 12.9. The van der Waals surface area contributed by atoms with Gasteiger partial charge in [-0.15, -0.1) is 0 Å². The number of hydrogen-bond acceptors (Lipinski definition) is 7. The minimum absolute atomic E-state index is 0.0314. The summed E-state index contributed by atoms with van der Waals surface area (Å²) in [6, 6.07) is 2.94. The second kappa shape index (κ2) is 13.8. The van der Waals surface area contributed by atoms with Crippen molar-refractivity contribution in [1.29, 1.82) is 0 Å². The van der Waals surface area contributed by atoms with Gasteiger partial charge in [0.05, 0.1) is 36.5 Å². The van der Waals surface area contributed by atoms with E-state index in [1.165, 1.54) is 26.3 Å². The molecule has 0 aliphatic heterocycles. The van der Waals surface area contributed by atoms with Crippen molar-refractivity contribution < 1.29 is 27.4 Å². The highest BCUT2D eigenvalue weighted by molar-refractivity contribution is 7.89. The van der Waals surface area contributed by atoms with Crippen molar-refractivity contribution in [2.45, 2.75) is 42.7 Å². The first-order chi connectivity index (χ1) is 16.1. The Labute approximate surface area is 212 Å². The van der Waals surface area contributed by atoms with Crippen molar-refractivity contribution in [1.82, 2.24) is 14.5 Å². The molecular weight excluding hydrogens is 505 g/mol. The summed E-state index contributed by atoms with van der Waals surface area (Å²) in [6.45, 7) is 1.48. The molecule has 12 heteroatoms. The van der Waals surface area contributed by atoms with Gasteiger partial charge in [0.2, 0.25) is 15.9 Å². The lowest BCUT2D eigenvalue weighted by atomic mass is 9.92. The monoisotopic (exact) mass is 539 g/mol. The molecule has 1 N–H and O–H groups in total. The summed E-state index contributed by atoms with van der Waals surface area (Å²) in [5.41, 5.74) is 0. The highest BCUT2D eigenvalue weighted by atomic mass is 35.5. The Bertz CT molecular complexity index is 887. The number of nitrogens with one attached hydrogen (secondary N) is 1. The normalized spacial score (nSPS) is 18.8. The van der Waals surface area contributed by atoms with E-state index in [2.05, 4.69) is 5.32 Å². The Balaban J connectivity index is 1.78. The SMILES string of the molecule is CNCCO[C@H]1CC[C@@H](N(C)C(=O)COCCN(C)S(=O)(=O)c2c(Cl)cc(OC)cc2Cl)CC1. The lowest BCUT2D eigenvalue weighted by molar-refractivity contribution is -0.138. The number of halogens is 2. The van der Waals surface area contributed by atoms with E-state index in [0.717, 1.165) is 36.5 Å². The quantitative estimate of drug-likeness (QED) is 0.385. The molecule has 194 valence electrons. The van der Waals surface area contributed by atoms with Gasteiger partial charge in [-0.25, -0.2) is 8.42 Å². The van der Waals surface area contributed by atoms with E-state index < -0.39 is 10.0 Å². The van der Waals surface area contributed by atoms with Gasteiger partial charge >= 0.3 is 0 Å². The van der Waals surface area contributed by atoms with Crippen LogP contribution in [0.1, 0.15) is 25.7 Å². The Morgan fingerprint density at radius 1 is 1.12 bits per heavy atom. The fraction of sp³-hybridized carbons (Fsp3) is 0.682. The first-order valence-corrected chi connectivity index (χ1v) is 13.4. The fourth-order valence-corrected chi connectivity index (χ4v) is 6.05. The number of likely N-dealkylation sites (N-methyl/N-ethyl adjacent to an activating group) is 3. The number of benzene rings is 1. The van der Waals surface area contributed by atoms with Crippen molar-refractivity contribution in [3.8, 4) is 5.75 Å². The van der Waals surface area contributed by atoms with Crippen LogP contribution in [0.25, 0.3) is 0 Å². The molecule has 0 bridgehead atoms. The maximum absolute atomic E-state index is 12.9. The van der Waals surface area contributed by atoms with Crippen LogP contribution in [-0.2, 0) is 24.3 Å². The van der Waals surface area contributed by atoms with E-state index in [1.807, 2.05) is 7.05 Å². The zero-order valence-corrected chi connectivity index (χ0v) is 22.5. The molecule has 1 fully saturated rings. The summed E-state index contributed by atoms with van der Waals surface area (Å²) in [4.78, 5) is 14.1. The summed E-state index contributed by atoms with van der Waals surface area (Å²) in [5.74, 6) is 0.226. The van der Waals surface area contributed by atoms with Crippen LogP contribution in [0.15, 0.2) is 17.0 Å². The third kappa shape index (κ3) is 7.94. The summed E-state index contributed by atoms with van der Waals surface area (Å²) in [5, 5.41) is 3.00. The van der Waals surface area contributed by atoms with E-state index >= 15 is 0 Å². The highest BCUT2D eigenvalue weighted by Crippen LogP contribution is 2.35. The highest BCUT2D eigenvalue weighted by Gasteiger charge is 2.28. The van der Waals surface area contributed by atoms with E-state index in [9.17, 15) is 13.2 Å². The largest absolute Gasteiger partial charge is 0.497 e. The molecule has 2 rings (SSSR count). The number of hydrogen-bond donors (Lipinski definition) is 1. The smallest absolute Gasteiger partial charge is 0.248 e. The average Bonchev–Trinajstić information content (AvgIpc) is 2.80. The van der Waals surface area contributed by atoms with Gasteiger partial charge in [0, 0.05) is 45.4 Å². The van der Waals surface area contributed by atoms with E-state index in [1.54, 1.807) is 11.9 Å². The Morgan fingerprint density at radius 3 is 2.29 bits per heavy atom. The summed E-state index contributed by atoms with van der Waals surface area (Å²) in [6.07, 6.45) is 3.86. The molecule has 0 aromatic heterocycles. The molecule has 9 nitrogen and oxygen atoms in total. The Hall–Kier alpha value is -1.14. The molecule has 1 aliphatic rings. The number of carbonyl (C=O) groups excluding carboxylic acids is 1. The standard InChI is InChI=1S/C22H35Cl2N3O6S/c1-25-9-11-33-17-7-5-16(6-8-17)27(3)21(28)15-32-12-10-26(2)34(29,30)22-19(23)13-18(31-4)14-20(22)24/h13-14,16-17,25H,5-12,15H2,1-4H3/t16-,17+. The number of methoxy groups -OCH3 is 1. The van der Waals surface area contributed by atoms with Gasteiger partial charge in [-0.3, -0.25) is 4.79 Å². The van der Waals surface area contributed by atoms with Crippen molar-refractivity contribution >= 4 is 39.1 Å². The molecule has 0 radical (unpaired) electrons. The van der Waals surface area contributed by atoms with Gasteiger partial charge in [0.15, 0.2) is 0 Å². The van der Waals surface area contributed by atoms with Crippen LogP contribution in [0.4, 0.5) is 0 Å². The van der Waals surface area contributed by atoms with E-state index in [-0.39, 0.29) is 52.8 Å². The molecule has 0 spiro atoms. The number of amides is 1. The molecule has 0 heterocycles. The molecular formula is C22H35Cl2N3O6S. The van der Waals surface area contributed by atoms with Crippen molar-refractivity contribution in [3.63, 3.8) is 0 Å². The number of carbonyl (C=O) groups is 1. The molecule has 0 atom stereocenters. The molecule has 0 unspecified atom stereocenters. The van der Waals surface area contributed by atoms with Crippen LogP contribution < -0.4 is 10.1 Å². The predicted molar refractivity (Wildman–Crippen MR) is 132 cm³/mol. The Morgan fingerprint density at radius 2 is 1.74 bits per heavy atom. The number of ether oxygens (including phenoxy) is 3. The third-order valence-corrected chi connectivity index (χ3v) is 8.72. The van der Waals surface area contributed by atoms with Crippen LogP contribution >= 0.6 is 23.2 Å². The van der Waals surface area contributed by atoms with Crippen LogP contribution in [0.2, 0.25) is 10.0 Å². The summed E-state index contributed by atoms with van der Waals surface area (Å²) in [7, 11) is 2.56. The molecule has 1 aromatic rings. The molecule has 1 aromatic carbocycles. The lowest BCUT2D eigenvalue weighted by Gasteiger charge is -2.34. The molecule has 1 amide bonds. The van der Waals surface area contributed by atoms with Gasteiger partial charge in [0.25, 0.3) is 0 Å². The minimum atomic E-state index is -3.95. The molecule has 34 heavy (non-hydrogen) atoms. The van der Waals surface area contributed by atoms with Gasteiger partial charge in [0.1, 0.15) is 17.3 Å². The predicted octanol–water partition coefficient (Wildman–Crippen LogP) is 2.64. The van der Waals surface area contributed by atoms with Crippen LogP contribution in [0.3, 0.4) is 0 Å². The van der Waals surface area contributed by atoms with Crippen molar-refractivity contribution in [3.05, 3.63) is 22.2 Å². The first kappa shape index (κ1) is 29.1. The second-order valence-electron chi connectivity index (χ2n) is 8.21. The van der Waals surface area contributed by atoms with Crippen LogP contribution in [-0.4, -0.2) is 96.8 Å². The second-order valence-corrected chi connectivity index (χ2v) is 11.0. The van der Waals surface area contributed by atoms with Gasteiger partial charge in [-0.1, -0.05) is 23.2 Å². The molecule has 1 aliphatic carbocycles. The topological polar surface area (TPSA) is 97.4 Å². The van der Waals surface area contributed by atoms with Crippen LogP contribution in [0, 0.1) is 0 Å². The zero-order chi connectivity index (χ0) is 25.3. The third-order valence-electron chi connectivity index (χ3n) is 5.94. The first-order valence-electron chi connectivity index (χ1n) is 11.2. The Kier molecular flexibility index (Phi) is 11.8. The maximum Gasteiger partial charge on any atom is 0.248 e. The fourth-order valence-electron chi connectivity index (χ4n) is 3.76. The van der Waals surface area contributed by atoms with Gasteiger partial charge in [-0.2, -0.15) is 4.31 Å². The van der Waals surface area contributed by atoms with Crippen molar-refractivity contribution in [2.75, 3.05) is 61.2 Å². The van der Waals surface area contributed by atoms with E-state index in [4.69, 9.17) is 37.4 Å². The number of sulfonamides is 1. The lowest BCUT2D eigenvalue weighted by Crippen LogP contribution is -2.42. The number of nitrogens with zero attached hydrogens (tertiary/aromatic N) is 2. The molecule has 0 saturated heterocycles. The van der Waals surface area contributed by atoms with Gasteiger partial charge in [-0.05, 0) is 32.7 Å².